The Kier molecular flexibility index (Phi) is 2.62. The summed E-state index contributed by atoms with van der Waals surface area (Å²) in [5, 5.41) is 14.2. The van der Waals surface area contributed by atoms with Crippen molar-refractivity contribution in [1.82, 2.24) is 9.97 Å². The SMILES string of the molecule is Oc1ccc(-c2nc(-c3cscn3)cs2)cc1. The topological polar surface area (TPSA) is 46.0 Å². The lowest BCUT2D eigenvalue weighted by Crippen LogP contribution is -1.78. The van der Waals surface area contributed by atoms with Gasteiger partial charge >= 0.3 is 0 Å². The van der Waals surface area contributed by atoms with Crippen LogP contribution in [0.3, 0.4) is 0 Å². The predicted molar refractivity (Wildman–Crippen MR) is 70.3 cm³/mol. The molecule has 0 saturated heterocycles. The fourth-order valence-corrected chi connectivity index (χ4v) is 2.83. The second-order valence-corrected chi connectivity index (χ2v) is 5.04. The fraction of sp³-hybridized carbons (Fsp3) is 0. The quantitative estimate of drug-likeness (QED) is 0.765. The Morgan fingerprint density at radius 2 is 1.82 bits per heavy atom. The van der Waals surface area contributed by atoms with Gasteiger partial charge in [-0.1, -0.05) is 0 Å². The van der Waals surface area contributed by atoms with Crippen molar-refractivity contribution in [3.05, 3.63) is 40.5 Å². The molecule has 3 rings (SSSR count). The molecule has 2 heterocycles. The van der Waals surface area contributed by atoms with E-state index in [9.17, 15) is 5.11 Å². The maximum Gasteiger partial charge on any atom is 0.124 e. The zero-order valence-corrected chi connectivity index (χ0v) is 10.3. The summed E-state index contributed by atoms with van der Waals surface area (Å²) in [5.41, 5.74) is 4.62. The van der Waals surface area contributed by atoms with Gasteiger partial charge in [-0.2, -0.15) is 0 Å². The fourth-order valence-electron chi connectivity index (χ4n) is 1.47. The van der Waals surface area contributed by atoms with Crippen molar-refractivity contribution >= 4 is 22.7 Å². The van der Waals surface area contributed by atoms with Gasteiger partial charge in [0.05, 0.1) is 5.51 Å². The largest absolute Gasteiger partial charge is 0.508 e. The number of phenolic OH excluding ortho intramolecular Hbond substituents is 1. The average molecular weight is 260 g/mol. The number of hydrogen-bond acceptors (Lipinski definition) is 5. The van der Waals surface area contributed by atoms with Gasteiger partial charge in [0.25, 0.3) is 0 Å². The van der Waals surface area contributed by atoms with E-state index in [2.05, 4.69) is 9.97 Å². The third-order valence-corrected chi connectivity index (χ3v) is 3.79. The maximum absolute atomic E-state index is 9.23. The van der Waals surface area contributed by atoms with Crippen molar-refractivity contribution in [3.8, 4) is 27.7 Å². The van der Waals surface area contributed by atoms with E-state index in [0.717, 1.165) is 22.0 Å². The number of aromatic hydroxyl groups is 1. The highest BCUT2D eigenvalue weighted by Gasteiger charge is 2.07. The molecule has 0 amide bonds. The van der Waals surface area contributed by atoms with Crippen molar-refractivity contribution < 1.29 is 5.11 Å². The number of phenols is 1. The molecule has 0 bridgehead atoms. The second-order valence-electron chi connectivity index (χ2n) is 3.46. The van der Waals surface area contributed by atoms with Crippen LogP contribution in [-0.4, -0.2) is 15.1 Å². The Morgan fingerprint density at radius 1 is 1.00 bits per heavy atom. The van der Waals surface area contributed by atoms with Gasteiger partial charge in [-0.05, 0) is 24.3 Å². The first-order valence-corrected chi connectivity index (χ1v) is 6.79. The van der Waals surface area contributed by atoms with Crippen LogP contribution in [0.2, 0.25) is 0 Å². The number of aromatic nitrogens is 2. The van der Waals surface area contributed by atoms with Crippen LogP contribution in [0.25, 0.3) is 22.0 Å². The number of benzene rings is 1. The zero-order chi connectivity index (χ0) is 11.7. The van der Waals surface area contributed by atoms with E-state index in [0.29, 0.717) is 0 Å². The molecule has 0 radical (unpaired) electrons. The third kappa shape index (κ3) is 2.07. The Hall–Kier alpha value is -1.72. The number of nitrogens with zero attached hydrogens (tertiary/aromatic N) is 2. The molecule has 0 aliphatic carbocycles. The highest BCUT2D eigenvalue weighted by molar-refractivity contribution is 7.13. The van der Waals surface area contributed by atoms with E-state index in [1.807, 2.05) is 22.9 Å². The van der Waals surface area contributed by atoms with Crippen LogP contribution in [-0.2, 0) is 0 Å². The monoisotopic (exact) mass is 260 g/mol. The smallest absolute Gasteiger partial charge is 0.124 e. The molecule has 0 aliphatic heterocycles. The molecule has 0 unspecified atom stereocenters. The van der Waals surface area contributed by atoms with Crippen LogP contribution < -0.4 is 0 Å². The summed E-state index contributed by atoms with van der Waals surface area (Å²) in [5.74, 6) is 0.269. The maximum atomic E-state index is 9.23. The van der Waals surface area contributed by atoms with Crippen molar-refractivity contribution in [1.29, 1.82) is 0 Å². The Bertz CT molecular complexity index is 614. The van der Waals surface area contributed by atoms with Gasteiger partial charge in [-0.15, -0.1) is 22.7 Å². The molecule has 84 valence electrons. The summed E-state index contributed by atoms with van der Waals surface area (Å²) in [6.45, 7) is 0. The Labute approximate surface area is 106 Å². The molecule has 2 aromatic heterocycles. The summed E-state index contributed by atoms with van der Waals surface area (Å²) in [6.07, 6.45) is 0. The van der Waals surface area contributed by atoms with E-state index in [1.165, 1.54) is 0 Å². The van der Waals surface area contributed by atoms with Gasteiger partial charge in [0, 0.05) is 16.3 Å². The lowest BCUT2D eigenvalue weighted by molar-refractivity contribution is 0.475. The normalized spacial score (nSPS) is 10.6. The van der Waals surface area contributed by atoms with E-state index in [-0.39, 0.29) is 5.75 Å². The van der Waals surface area contributed by atoms with Gasteiger partial charge in [0.2, 0.25) is 0 Å². The van der Waals surface area contributed by atoms with Crippen LogP contribution in [0.4, 0.5) is 0 Å². The predicted octanol–water partition coefficient (Wildman–Crippen LogP) is 3.64. The first-order valence-electron chi connectivity index (χ1n) is 4.96. The molecule has 3 nitrogen and oxygen atoms in total. The van der Waals surface area contributed by atoms with E-state index in [1.54, 1.807) is 40.3 Å². The van der Waals surface area contributed by atoms with E-state index in [4.69, 9.17) is 0 Å². The highest BCUT2D eigenvalue weighted by atomic mass is 32.1. The summed E-state index contributed by atoms with van der Waals surface area (Å²) in [6, 6.07) is 7.05. The van der Waals surface area contributed by atoms with Gasteiger partial charge < -0.3 is 5.11 Å². The van der Waals surface area contributed by atoms with Crippen LogP contribution in [0.5, 0.6) is 5.75 Å². The van der Waals surface area contributed by atoms with E-state index < -0.39 is 0 Å². The lowest BCUT2D eigenvalue weighted by Gasteiger charge is -1.95. The molecule has 0 atom stereocenters. The summed E-state index contributed by atoms with van der Waals surface area (Å²) < 4.78 is 0. The molecule has 0 fully saturated rings. The van der Waals surface area contributed by atoms with Crippen molar-refractivity contribution in [2.45, 2.75) is 0 Å². The molecule has 17 heavy (non-hydrogen) atoms. The summed E-state index contributed by atoms with van der Waals surface area (Å²) in [7, 11) is 0. The summed E-state index contributed by atoms with van der Waals surface area (Å²) >= 11 is 3.14. The molecular formula is C12H8N2OS2. The minimum Gasteiger partial charge on any atom is -0.508 e. The third-order valence-electron chi connectivity index (χ3n) is 2.31. The summed E-state index contributed by atoms with van der Waals surface area (Å²) in [4.78, 5) is 8.76. The minimum absolute atomic E-state index is 0.269. The zero-order valence-electron chi connectivity index (χ0n) is 8.70. The van der Waals surface area contributed by atoms with Crippen LogP contribution in [0.15, 0.2) is 40.5 Å². The lowest BCUT2D eigenvalue weighted by atomic mass is 10.2. The number of rotatable bonds is 2. The number of hydrogen-bond donors (Lipinski definition) is 1. The first-order chi connectivity index (χ1) is 8.33. The molecule has 1 N–H and O–H groups in total. The van der Waals surface area contributed by atoms with Gasteiger partial charge in [0.1, 0.15) is 22.1 Å². The molecule has 0 saturated carbocycles. The highest BCUT2D eigenvalue weighted by Crippen LogP contribution is 2.29. The average Bonchev–Trinajstić information content (AvgIpc) is 3.00. The van der Waals surface area contributed by atoms with Crippen LogP contribution in [0.1, 0.15) is 0 Å². The standard InChI is InChI=1S/C12H8N2OS2/c15-9-3-1-8(2-4-9)12-14-11(6-17-12)10-5-16-7-13-10/h1-7,15H. The molecule has 1 aromatic carbocycles. The van der Waals surface area contributed by atoms with Crippen LogP contribution in [0, 0.1) is 0 Å². The molecular weight excluding hydrogens is 252 g/mol. The first kappa shape index (κ1) is 10.4. The van der Waals surface area contributed by atoms with Gasteiger partial charge in [-0.25, -0.2) is 9.97 Å². The molecule has 5 heteroatoms. The van der Waals surface area contributed by atoms with Crippen molar-refractivity contribution in [2.24, 2.45) is 0 Å². The Balaban J connectivity index is 1.98. The molecule has 3 aromatic rings. The molecule has 0 aliphatic rings. The van der Waals surface area contributed by atoms with Crippen LogP contribution >= 0.6 is 22.7 Å². The minimum atomic E-state index is 0.269. The molecule has 0 spiro atoms. The van der Waals surface area contributed by atoms with Gasteiger partial charge in [0.15, 0.2) is 0 Å². The Morgan fingerprint density at radius 3 is 2.53 bits per heavy atom. The van der Waals surface area contributed by atoms with E-state index >= 15 is 0 Å². The van der Waals surface area contributed by atoms with Crippen molar-refractivity contribution in [3.63, 3.8) is 0 Å². The second kappa shape index (κ2) is 4.27. The van der Waals surface area contributed by atoms with Crippen molar-refractivity contribution in [2.75, 3.05) is 0 Å². The van der Waals surface area contributed by atoms with Gasteiger partial charge in [-0.3, -0.25) is 0 Å². The number of thiazole rings is 2.